The van der Waals surface area contributed by atoms with Gasteiger partial charge in [-0.3, -0.25) is 9.69 Å². The van der Waals surface area contributed by atoms with Crippen molar-refractivity contribution in [1.82, 2.24) is 15.1 Å². The molecule has 0 saturated carbocycles. The van der Waals surface area contributed by atoms with Gasteiger partial charge >= 0.3 is 0 Å². The predicted octanol–water partition coefficient (Wildman–Crippen LogP) is 1.41. The van der Waals surface area contributed by atoms with Gasteiger partial charge in [0.1, 0.15) is 0 Å². The van der Waals surface area contributed by atoms with Crippen LogP contribution in [-0.2, 0) is 4.79 Å². The summed E-state index contributed by atoms with van der Waals surface area (Å²) in [5.74, 6) is 1.16. The van der Waals surface area contributed by atoms with Gasteiger partial charge in [-0.05, 0) is 58.6 Å². The Morgan fingerprint density at radius 3 is 2.70 bits per heavy atom. The number of piperidine rings is 2. The average Bonchev–Trinajstić information content (AvgIpc) is 2.46. The summed E-state index contributed by atoms with van der Waals surface area (Å²) in [5, 5.41) is 3.23. The predicted molar refractivity (Wildman–Crippen MR) is 86.3 cm³/mol. The molecule has 0 radical (unpaired) electrons. The summed E-state index contributed by atoms with van der Waals surface area (Å²) in [6.07, 6.45) is 7.64. The Labute approximate surface area is 127 Å². The van der Waals surface area contributed by atoms with Gasteiger partial charge in [0.15, 0.2) is 0 Å². The van der Waals surface area contributed by atoms with E-state index >= 15 is 0 Å². The highest BCUT2D eigenvalue weighted by atomic mass is 32.2. The topological polar surface area (TPSA) is 35.6 Å². The van der Waals surface area contributed by atoms with E-state index in [-0.39, 0.29) is 5.91 Å². The number of nitrogens with one attached hydrogen (secondary N) is 1. The van der Waals surface area contributed by atoms with Crippen LogP contribution in [0.3, 0.4) is 0 Å². The fraction of sp³-hybridized carbons (Fsp3) is 0.933. The lowest BCUT2D eigenvalue weighted by Crippen LogP contribution is -2.53. The van der Waals surface area contributed by atoms with Crippen LogP contribution in [0.15, 0.2) is 0 Å². The number of thioether (sulfide) groups is 1. The minimum atomic E-state index is 0.231. The molecule has 1 atom stereocenters. The van der Waals surface area contributed by atoms with Crippen molar-refractivity contribution in [1.29, 1.82) is 0 Å². The number of hydrogen-bond donors (Lipinski definition) is 1. The number of nitrogens with zero attached hydrogens (tertiary/aromatic N) is 2. The average molecular weight is 299 g/mol. The maximum absolute atomic E-state index is 11.8. The van der Waals surface area contributed by atoms with E-state index in [1.807, 2.05) is 0 Å². The maximum atomic E-state index is 11.8. The standard InChI is InChI=1S/C15H29N3OS/c1-17-9-5-14(6-10-17)18-8-3-4-13(12-18)16-15(19)7-11-20-2/h13-14H,3-12H2,1-2H3,(H,16,19). The molecule has 5 heteroatoms. The highest BCUT2D eigenvalue weighted by molar-refractivity contribution is 7.98. The molecule has 2 saturated heterocycles. The summed E-state index contributed by atoms with van der Waals surface area (Å²) in [4.78, 5) is 16.9. The lowest BCUT2D eigenvalue weighted by atomic mass is 9.98. The van der Waals surface area contributed by atoms with Crippen LogP contribution in [0.1, 0.15) is 32.1 Å². The van der Waals surface area contributed by atoms with Crippen LogP contribution in [-0.4, -0.2) is 73.0 Å². The molecule has 20 heavy (non-hydrogen) atoms. The van der Waals surface area contributed by atoms with Crippen molar-refractivity contribution in [3.8, 4) is 0 Å². The number of carbonyl (C=O) groups excluding carboxylic acids is 1. The number of rotatable bonds is 5. The molecule has 1 unspecified atom stereocenters. The third-order valence-corrected chi connectivity index (χ3v) is 5.17. The van der Waals surface area contributed by atoms with Crippen LogP contribution in [0.5, 0.6) is 0 Å². The Bertz CT molecular complexity index is 305. The van der Waals surface area contributed by atoms with E-state index < -0.39 is 0 Å². The molecule has 4 nitrogen and oxygen atoms in total. The second-order valence-corrected chi connectivity index (χ2v) is 7.16. The molecule has 2 fully saturated rings. The van der Waals surface area contributed by atoms with Crippen LogP contribution in [0.4, 0.5) is 0 Å². The molecule has 2 aliphatic heterocycles. The van der Waals surface area contributed by atoms with Gasteiger partial charge in [-0.25, -0.2) is 0 Å². The molecular weight excluding hydrogens is 270 g/mol. The molecule has 0 aliphatic carbocycles. The fourth-order valence-corrected chi connectivity index (χ4v) is 3.70. The Morgan fingerprint density at radius 1 is 1.25 bits per heavy atom. The van der Waals surface area contributed by atoms with E-state index in [4.69, 9.17) is 0 Å². The van der Waals surface area contributed by atoms with Gasteiger partial charge in [0.25, 0.3) is 0 Å². The molecule has 1 N–H and O–H groups in total. The van der Waals surface area contributed by atoms with E-state index in [2.05, 4.69) is 28.4 Å². The summed E-state index contributed by atoms with van der Waals surface area (Å²) >= 11 is 1.74. The third-order valence-electron chi connectivity index (χ3n) is 4.56. The molecule has 1 amide bonds. The Morgan fingerprint density at radius 2 is 2.00 bits per heavy atom. The smallest absolute Gasteiger partial charge is 0.221 e. The van der Waals surface area contributed by atoms with E-state index in [0.29, 0.717) is 12.5 Å². The lowest BCUT2D eigenvalue weighted by Gasteiger charge is -2.41. The second kappa shape index (κ2) is 8.25. The lowest BCUT2D eigenvalue weighted by molar-refractivity contribution is -0.121. The largest absolute Gasteiger partial charge is 0.352 e. The quantitative estimate of drug-likeness (QED) is 0.833. The Balaban J connectivity index is 1.75. The molecular formula is C15H29N3OS. The Kier molecular flexibility index (Phi) is 6.65. The first kappa shape index (κ1) is 16.1. The molecule has 2 aliphatic rings. The first-order valence-corrected chi connectivity index (χ1v) is 9.29. The molecule has 0 spiro atoms. The van der Waals surface area contributed by atoms with Crippen molar-refractivity contribution in [2.24, 2.45) is 0 Å². The fourth-order valence-electron chi connectivity index (χ4n) is 3.31. The highest BCUT2D eigenvalue weighted by Crippen LogP contribution is 2.20. The first-order chi connectivity index (χ1) is 9.69. The van der Waals surface area contributed by atoms with Crippen molar-refractivity contribution >= 4 is 17.7 Å². The van der Waals surface area contributed by atoms with Crippen molar-refractivity contribution in [2.45, 2.75) is 44.2 Å². The molecule has 0 aromatic heterocycles. The van der Waals surface area contributed by atoms with Crippen molar-refractivity contribution in [2.75, 3.05) is 45.2 Å². The second-order valence-electron chi connectivity index (χ2n) is 6.18. The molecule has 2 rings (SSSR count). The van der Waals surface area contributed by atoms with Gasteiger partial charge in [-0.15, -0.1) is 0 Å². The van der Waals surface area contributed by atoms with Crippen LogP contribution in [0, 0.1) is 0 Å². The monoisotopic (exact) mass is 299 g/mol. The summed E-state index contributed by atoms with van der Waals surface area (Å²) in [7, 11) is 2.21. The van der Waals surface area contributed by atoms with Gasteiger partial charge in [0, 0.05) is 30.8 Å². The minimum Gasteiger partial charge on any atom is -0.352 e. The zero-order chi connectivity index (χ0) is 14.4. The molecule has 2 heterocycles. The van der Waals surface area contributed by atoms with E-state index in [0.717, 1.165) is 24.8 Å². The van der Waals surface area contributed by atoms with E-state index in [9.17, 15) is 4.79 Å². The molecule has 0 bridgehead atoms. The van der Waals surface area contributed by atoms with Gasteiger partial charge in [-0.1, -0.05) is 0 Å². The zero-order valence-corrected chi connectivity index (χ0v) is 13.8. The summed E-state index contributed by atoms with van der Waals surface area (Å²) in [6.45, 7) is 4.70. The highest BCUT2D eigenvalue weighted by Gasteiger charge is 2.28. The van der Waals surface area contributed by atoms with E-state index in [1.165, 1.54) is 38.9 Å². The summed E-state index contributed by atoms with van der Waals surface area (Å²) < 4.78 is 0. The normalized spacial score (nSPS) is 26.6. The van der Waals surface area contributed by atoms with Crippen LogP contribution in [0.25, 0.3) is 0 Å². The maximum Gasteiger partial charge on any atom is 0.221 e. The van der Waals surface area contributed by atoms with Crippen molar-refractivity contribution in [3.05, 3.63) is 0 Å². The minimum absolute atomic E-state index is 0.231. The van der Waals surface area contributed by atoms with E-state index in [1.54, 1.807) is 11.8 Å². The van der Waals surface area contributed by atoms with Gasteiger partial charge < -0.3 is 10.2 Å². The van der Waals surface area contributed by atoms with Gasteiger partial charge in [0.2, 0.25) is 5.91 Å². The molecule has 0 aromatic rings. The first-order valence-electron chi connectivity index (χ1n) is 7.90. The van der Waals surface area contributed by atoms with Crippen molar-refractivity contribution in [3.63, 3.8) is 0 Å². The summed E-state index contributed by atoms with van der Waals surface area (Å²) in [6, 6.07) is 1.11. The van der Waals surface area contributed by atoms with Gasteiger partial charge in [-0.2, -0.15) is 11.8 Å². The Hall–Kier alpha value is -0.260. The number of likely N-dealkylation sites (tertiary alicyclic amines) is 2. The SMILES string of the molecule is CSCCC(=O)NC1CCCN(C2CCN(C)CC2)C1. The van der Waals surface area contributed by atoms with Crippen LogP contribution < -0.4 is 5.32 Å². The third kappa shape index (κ3) is 4.93. The molecule has 0 aromatic carbocycles. The summed E-state index contributed by atoms with van der Waals surface area (Å²) in [5.41, 5.74) is 0. The van der Waals surface area contributed by atoms with Crippen molar-refractivity contribution < 1.29 is 4.79 Å². The number of hydrogen-bond acceptors (Lipinski definition) is 4. The number of amides is 1. The zero-order valence-electron chi connectivity index (χ0n) is 12.9. The van der Waals surface area contributed by atoms with Crippen LogP contribution in [0.2, 0.25) is 0 Å². The molecule has 116 valence electrons. The van der Waals surface area contributed by atoms with Crippen LogP contribution >= 0.6 is 11.8 Å². The van der Waals surface area contributed by atoms with Gasteiger partial charge in [0.05, 0.1) is 0 Å². The number of carbonyl (C=O) groups is 1.